The van der Waals surface area contributed by atoms with Gasteiger partial charge in [-0.05, 0) is 24.3 Å². The van der Waals surface area contributed by atoms with Gasteiger partial charge in [0.1, 0.15) is 0 Å². The normalized spacial score (nSPS) is 11.4. The SMILES string of the molecule is O=C(CNc1cccc(C(F)(F)F)c1)N/N=C/c1cc(Cl)cc([N+](=O)[O-])c1O. The molecule has 148 valence electrons. The van der Waals surface area contributed by atoms with Crippen LogP contribution in [0.3, 0.4) is 0 Å². The molecule has 28 heavy (non-hydrogen) atoms. The molecule has 2 rings (SSSR count). The number of alkyl halides is 3. The maximum Gasteiger partial charge on any atom is 0.416 e. The molecule has 0 saturated carbocycles. The summed E-state index contributed by atoms with van der Waals surface area (Å²) in [6.07, 6.45) is -3.57. The largest absolute Gasteiger partial charge is 0.502 e. The summed E-state index contributed by atoms with van der Waals surface area (Å²) in [6.45, 7) is -0.389. The minimum atomic E-state index is -4.51. The van der Waals surface area contributed by atoms with Crippen LogP contribution in [0.15, 0.2) is 41.5 Å². The van der Waals surface area contributed by atoms with Crippen molar-refractivity contribution in [3.8, 4) is 5.75 Å². The van der Waals surface area contributed by atoms with Gasteiger partial charge in [-0.1, -0.05) is 17.7 Å². The van der Waals surface area contributed by atoms with E-state index in [1.54, 1.807) is 0 Å². The molecule has 0 aliphatic heterocycles. The Hall–Kier alpha value is -3.34. The Labute approximate surface area is 160 Å². The van der Waals surface area contributed by atoms with E-state index in [2.05, 4.69) is 15.8 Å². The minimum absolute atomic E-state index is 0.0245. The Morgan fingerprint density at radius 3 is 2.68 bits per heavy atom. The summed E-state index contributed by atoms with van der Waals surface area (Å²) in [4.78, 5) is 21.7. The molecule has 0 heterocycles. The van der Waals surface area contributed by atoms with Crippen molar-refractivity contribution in [1.29, 1.82) is 0 Å². The molecule has 2 aromatic carbocycles. The van der Waals surface area contributed by atoms with Crippen LogP contribution >= 0.6 is 11.6 Å². The number of benzene rings is 2. The first-order chi connectivity index (χ1) is 13.1. The van der Waals surface area contributed by atoms with Crippen LogP contribution in [0.4, 0.5) is 24.5 Å². The minimum Gasteiger partial charge on any atom is -0.502 e. The number of aromatic hydroxyl groups is 1. The van der Waals surface area contributed by atoms with Gasteiger partial charge in [-0.25, -0.2) is 5.43 Å². The highest BCUT2D eigenvalue weighted by molar-refractivity contribution is 6.31. The number of carbonyl (C=O) groups excluding carboxylic acids is 1. The molecule has 12 heteroatoms. The molecule has 0 aromatic heterocycles. The lowest BCUT2D eigenvalue weighted by atomic mass is 10.2. The van der Waals surface area contributed by atoms with Crippen molar-refractivity contribution in [2.45, 2.75) is 6.18 Å². The van der Waals surface area contributed by atoms with E-state index < -0.39 is 34.0 Å². The van der Waals surface area contributed by atoms with Crippen molar-refractivity contribution < 1.29 is 28.0 Å². The second-order valence-corrected chi connectivity index (χ2v) is 5.78. The number of phenolic OH excluding ortho intramolecular Hbond substituents is 1. The number of hydrogen-bond acceptors (Lipinski definition) is 6. The number of rotatable bonds is 6. The Balaban J connectivity index is 1.97. The lowest BCUT2D eigenvalue weighted by Gasteiger charge is -2.10. The highest BCUT2D eigenvalue weighted by Gasteiger charge is 2.30. The summed E-state index contributed by atoms with van der Waals surface area (Å²) in [5, 5.41) is 26.6. The van der Waals surface area contributed by atoms with Gasteiger partial charge in [-0.15, -0.1) is 0 Å². The third-order valence-corrected chi connectivity index (χ3v) is 3.53. The smallest absolute Gasteiger partial charge is 0.416 e. The van der Waals surface area contributed by atoms with Gasteiger partial charge in [-0.2, -0.15) is 18.3 Å². The van der Waals surface area contributed by atoms with Gasteiger partial charge < -0.3 is 10.4 Å². The van der Waals surface area contributed by atoms with E-state index in [0.29, 0.717) is 0 Å². The summed E-state index contributed by atoms with van der Waals surface area (Å²) in [7, 11) is 0. The highest BCUT2D eigenvalue weighted by atomic mass is 35.5. The number of hydrogen-bond donors (Lipinski definition) is 3. The Bertz CT molecular complexity index is 935. The molecule has 0 bridgehead atoms. The van der Waals surface area contributed by atoms with Crippen molar-refractivity contribution in [1.82, 2.24) is 5.43 Å². The summed E-state index contributed by atoms with van der Waals surface area (Å²) in [5.41, 5.74) is 0.538. The van der Waals surface area contributed by atoms with Crippen molar-refractivity contribution in [3.63, 3.8) is 0 Å². The van der Waals surface area contributed by atoms with Gasteiger partial charge in [0.05, 0.1) is 23.2 Å². The lowest BCUT2D eigenvalue weighted by molar-refractivity contribution is -0.385. The monoisotopic (exact) mass is 416 g/mol. The van der Waals surface area contributed by atoms with Gasteiger partial charge in [-0.3, -0.25) is 14.9 Å². The number of phenols is 1. The Morgan fingerprint density at radius 2 is 2.04 bits per heavy atom. The first kappa shape index (κ1) is 21.0. The number of carbonyl (C=O) groups is 1. The van der Waals surface area contributed by atoms with E-state index in [1.807, 2.05) is 0 Å². The number of nitrogens with one attached hydrogen (secondary N) is 2. The first-order valence-corrected chi connectivity index (χ1v) is 7.85. The standard InChI is InChI=1S/C16H12ClF3N4O4/c17-11-4-9(15(26)13(6-11)24(27)28)7-22-23-14(25)8-21-12-3-1-2-10(5-12)16(18,19)20/h1-7,21,26H,8H2,(H,23,25)/b22-7+. The molecule has 2 aromatic rings. The van der Waals surface area contributed by atoms with Crippen LogP contribution in [0.5, 0.6) is 5.75 Å². The van der Waals surface area contributed by atoms with E-state index in [0.717, 1.165) is 24.4 Å². The summed E-state index contributed by atoms with van der Waals surface area (Å²) in [5.74, 6) is -1.39. The molecule has 0 aliphatic carbocycles. The number of nitro groups is 1. The van der Waals surface area contributed by atoms with Crippen LogP contribution in [0.2, 0.25) is 5.02 Å². The Morgan fingerprint density at radius 1 is 1.32 bits per heavy atom. The molecular formula is C16H12ClF3N4O4. The topological polar surface area (TPSA) is 117 Å². The zero-order valence-electron chi connectivity index (χ0n) is 13.8. The fourth-order valence-electron chi connectivity index (χ4n) is 2.04. The van der Waals surface area contributed by atoms with Crippen LogP contribution in [-0.4, -0.2) is 28.7 Å². The molecule has 0 aliphatic rings. The highest BCUT2D eigenvalue weighted by Crippen LogP contribution is 2.32. The van der Waals surface area contributed by atoms with Crippen LogP contribution in [0.25, 0.3) is 0 Å². The zero-order chi connectivity index (χ0) is 20.9. The predicted molar refractivity (Wildman–Crippen MR) is 95.4 cm³/mol. The molecule has 0 fully saturated rings. The first-order valence-electron chi connectivity index (χ1n) is 7.48. The second-order valence-electron chi connectivity index (χ2n) is 5.35. The number of amides is 1. The van der Waals surface area contributed by atoms with Crippen molar-refractivity contribution in [2.75, 3.05) is 11.9 Å². The van der Waals surface area contributed by atoms with E-state index in [9.17, 15) is 33.2 Å². The molecule has 8 nitrogen and oxygen atoms in total. The number of nitro benzene ring substituents is 1. The molecule has 3 N–H and O–H groups in total. The molecule has 0 saturated heterocycles. The molecule has 0 spiro atoms. The average molecular weight is 417 g/mol. The zero-order valence-corrected chi connectivity index (χ0v) is 14.6. The second kappa shape index (κ2) is 8.57. The van der Waals surface area contributed by atoms with Gasteiger partial charge in [0, 0.05) is 22.3 Å². The van der Waals surface area contributed by atoms with Crippen molar-refractivity contribution >= 4 is 35.1 Å². The number of nitrogens with zero attached hydrogens (tertiary/aromatic N) is 2. The van der Waals surface area contributed by atoms with Crippen LogP contribution in [-0.2, 0) is 11.0 Å². The van der Waals surface area contributed by atoms with E-state index in [-0.39, 0.29) is 22.8 Å². The lowest BCUT2D eigenvalue weighted by Crippen LogP contribution is -2.26. The molecule has 0 radical (unpaired) electrons. The van der Waals surface area contributed by atoms with E-state index in [4.69, 9.17) is 11.6 Å². The quantitative estimate of drug-likeness (QED) is 0.378. The molecule has 0 atom stereocenters. The van der Waals surface area contributed by atoms with Gasteiger partial charge in [0.2, 0.25) is 5.75 Å². The van der Waals surface area contributed by atoms with Gasteiger partial charge in [0.15, 0.2) is 0 Å². The van der Waals surface area contributed by atoms with Gasteiger partial charge in [0.25, 0.3) is 5.91 Å². The molecule has 0 unspecified atom stereocenters. The summed E-state index contributed by atoms with van der Waals surface area (Å²) < 4.78 is 37.9. The van der Waals surface area contributed by atoms with Crippen LogP contribution in [0.1, 0.15) is 11.1 Å². The van der Waals surface area contributed by atoms with E-state index >= 15 is 0 Å². The number of hydrazone groups is 1. The molecular weight excluding hydrogens is 405 g/mol. The van der Waals surface area contributed by atoms with E-state index in [1.165, 1.54) is 18.2 Å². The third-order valence-electron chi connectivity index (χ3n) is 3.32. The third kappa shape index (κ3) is 5.58. The van der Waals surface area contributed by atoms with Gasteiger partial charge >= 0.3 is 11.9 Å². The van der Waals surface area contributed by atoms with Crippen molar-refractivity contribution in [2.24, 2.45) is 5.10 Å². The fraction of sp³-hybridized carbons (Fsp3) is 0.125. The maximum atomic E-state index is 12.6. The maximum absolute atomic E-state index is 12.6. The Kier molecular flexibility index (Phi) is 6.41. The average Bonchev–Trinajstić information content (AvgIpc) is 2.62. The summed E-state index contributed by atoms with van der Waals surface area (Å²) in [6, 6.07) is 6.43. The van der Waals surface area contributed by atoms with Crippen molar-refractivity contribution in [3.05, 3.63) is 62.7 Å². The van der Waals surface area contributed by atoms with Crippen LogP contribution < -0.4 is 10.7 Å². The fourth-order valence-corrected chi connectivity index (χ4v) is 2.27. The predicted octanol–water partition coefficient (Wildman–Crippen LogP) is 3.53. The van der Waals surface area contributed by atoms with Crippen LogP contribution in [0, 0.1) is 10.1 Å². The summed E-state index contributed by atoms with van der Waals surface area (Å²) >= 11 is 5.72. The number of anilines is 1. The molecule has 1 amide bonds. The number of halogens is 4.